The fourth-order valence-corrected chi connectivity index (χ4v) is 2.38. The molecule has 1 fully saturated rings. The number of phenols is 1. The van der Waals surface area contributed by atoms with Crippen molar-refractivity contribution in [2.24, 2.45) is 0 Å². The van der Waals surface area contributed by atoms with Crippen LogP contribution in [0.15, 0.2) is 36.6 Å². The third-order valence-corrected chi connectivity index (χ3v) is 3.42. The molecule has 2 N–H and O–H groups in total. The number of carbonyl (C=O) groups excluding carboxylic acids is 1. The minimum Gasteiger partial charge on any atom is -0.507 e. The second-order valence-corrected chi connectivity index (χ2v) is 4.77. The monoisotopic (exact) mass is 288 g/mol. The van der Waals surface area contributed by atoms with Crippen LogP contribution in [0.25, 0.3) is 6.08 Å². The number of carbonyl (C=O) groups is 1. The maximum atomic E-state index is 12.1. The fraction of sp³-hybridized carbons (Fsp3) is 0.200. The molecule has 1 heterocycles. The van der Waals surface area contributed by atoms with Crippen LogP contribution < -0.4 is 5.32 Å². The number of allylic oxidation sites excluding steroid dienone is 1. The molecule has 0 aromatic heterocycles. The summed E-state index contributed by atoms with van der Waals surface area (Å²) in [5, 5.41) is 13.4. The van der Waals surface area contributed by atoms with Gasteiger partial charge in [0.15, 0.2) is 5.11 Å². The van der Waals surface area contributed by atoms with Crippen molar-refractivity contribution in [1.82, 2.24) is 10.2 Å². The van der Waals surface area contributed by atoms with Crippen LogP contribution in [-0.2, 0) is 11.2 Å². The van der Waals surface area contributed by atoms with Crippen LogP contribution in [0, 0.1) is 0 Å². The standard InChI is InChI=1S/C15H16N2O2S/c1-3-6-10-7-5-8-11(13(10)18)9-12-14(19)17(4-2)15(20)16-12/h3,5,7-9,18H,1,4,6H2,2H3,(H,16,20). The predicted octanol–water partition coefficient (Wildman–Crippen LogP) is 2.20. The van der Waals surface area contributed by atoms with Crippen LogP contribution >= 0.6 is 12.2 Å². The summed E-state index contributed by atoms with van der Waals surface area (Å²) >= 11 is 5.09. The molecule has 1 aliphatic rings. The van der Waals surface area contributed by atoms with Gasteiger partial charge in [-0.3, -0.25) is 9.69 Å². The lowest BCUT2D eigenvalue weighted by atomic mass is 10.1. The third kappa shape index (κ3) is 2.58. The molecule has 104 valence electrons. The van der Waals surface area contributed by atoms with Gasteiger partial charge in [0.05, 0.1) is 0 Å². The number of rotatable bonds is 4. The molecule has 20 heavy (non-hydrogen) atoms. The van der Waals surface area contributed by atoms with E-state index in [2.05, 4.69) is 11.9 Å². The van der Waals surface area contributed by atoms with Gasteiger partial charge in [0.25, 0.3) is 5.91 Å². The van der Waals surface area contributed by atoms with Gasteiger partial charge in [-0.15, -0.1) is 6.58 Å². The van der Waals surface area contributed by atoms with E-state index in [0.717, 1.165) is 5.56 Å². The fourth-order valence-electron chi connectivity index (χ4n) is 2.06. The number of phenolic OH excluding ortho intramolecular Hbond substituents is 1. The molecule has 1 aromatic carbocycles. The van der Waals surface area contributed by atoms with Gasteiger partial charge in [-0.2, -0.15) is 0 Å². The summed E-state index contributed by atoms with van der Waals surface area (Å²) in [6.07, 6.45) is 3.91. The molecule has 0 spiro atoms. The molecule has 0 radical (unpaired) electrons. The smallest absolute Gasteiger partial charge is 0.276 e. The molecule has 4 nitrogen and oxygen atoms in total. The average molecular weight is 288 g/mol. The zero-order valence-electron chi connectivity index (χ0n) is 11.2. The summed E-state index contributed by atoms with van der Waals surface area (Å²) in [6, 6.07) is 5.41. The van der Waals surface area contributed by atoms with Crippen molar-refractivity contribution in [3.63, 3.8) is 0 Å². The van der Waals surface area contributed by atoms with E-state index in [9.17, 15) is 9.90 Å². The van der Waals surface area contributed by atoms with E-state index in [1.54, 1.807) is 18.2 Å². The second-order valence-electron chi connectivity index (χ2n) is 4.39. The largest absolute Gasteiger partial charge is 0.507 e. The lowest BCUT2D eigenvalue weighted by Crippen LogP contribution is -2.30. The summed E-state index contributed by atoms with van der Waals surface area (Å²) < 4.78 is 0. The highest BCUT2D eigenvalue weighted by molar-refractivity contribution is 7.80. The van der Waals surface area contributed by atoms with Gasteiger partial charge < -0.3 is 10.4 Å². The highest BCUT2D eigenvalue weighted by atomic mass is 32.1. The molecule has 0 unspecified atom stereocenters. The Morgan fingerprint density at radius 2 is 2.25 bits per heavy atom. The minimum absolute atomic E-state index is 0.162. The van der Waals surface area contributed by atoms with Crippen molar-refractivity contribution in [2.75, 3.05) is 6.54 Å². The van der Waals surface area contributed by atoms with E-state index in [4.69, 9.17) is 12.2 Å². The Balaban J connectivity index is 2.37. The normalized spacial score (nSPS) is 16.6. The number of benzene rings is 1. The Morgan fingerprint density at radius 3 is 2.85 bits per heavy atom. The topological polar surface area (TPSA) is 52.6 Å². The van der Waals surface area contributed by atoms with Gasteiger partial charge in [0.1, 0.15) is 11.4 Å². The number of hydrogen-bond acceptors (Lipinski definition) is 3. The number of thiocarbonyl (C=S) groups is 1. The number of aromatic hydroxyl groups is 1. The Bertz CT molecular complexity index is 608. The zero-order chi connectivity index (χ0) is 14.7. The van der Waals surface area contributed by atoms with Gasteiger partial charge in [0.2, 0.25) is 0 Å². The quantitative estimate of drug-likeness (QED) is 0.507. The first kappa shape index (κ1) is 14.3. The lowest BCUT2D eigenvalue weighted by molar-refractivity contribution is -0.122. The number of nitrogens with one attached hydrogen (secondary N) is 1. The predicted molar refractivity (Wildman–Crippen MR) is 83.1 cm³/mol. The van der Waals surface area contributed by atoms with E-state index in [-0.39, 0.29) is 11.7 Å². The van der Waals surface area contributed by atoms with Gasteiger partial charge in [-0.05, 0) is 37.2 Å². The first-order valence-electron chi connectivity index (χ1n) is 6.34. The summed E-state index contributed by atoms with van der Waals surface area (Å²) in [5.74, 6) is -0.0126. The lowest BCUT2D eigenvalue weighted by Gasteiger charge is -2.09. The van der Waals surface area contributed by atoms with Crippen molar-refractivity contribution in [3.8, 4) is 5.75 Å². The molecule has 0 bridgehead atoms. The first-order chi connectivity index (χ1) is 9.58. The van der Waals surface area contributed by atoms with Crippen molar-refractivity contribution >= 4 is 29.3 Å². The molecule has 5 heteroatoms. The Hall–Kier alpha value is -2.14. The Morgan fingerprint density at radius 1 is 1.50 bits per heavy atom. The van der Waals surface area contributed by atoms with Gasteiger partial charge in [-0.25, -0.2) is 0 Å². The van der Waals surface area contributed by atoms with Crippen LogP contribution in [-0.4, -0.2) is 27.6 Å². The molecule has 0 saturated carbocycles. The molecular formula is C15H16N2O2S. The van der Waals surface area contributed by atoms with E-state index < -0.39 is 0 Å². The van der Waals surface area contributed by atoms with Crippen molar-refractivity contribution in [1.29, 1.82) is 0 Å². The molecule has 1 saturated heterocycles. The maximum Gasteiger partial charge on any atom is 0.276 e. The van der Waals surface area contributed by atoms with Crippen molar-refractivity contribution < 1.29 is 9.90 Å². The number of amides is 1. The van der Waals surface area contributed by atoms with Gasteiger partial charge in [0, 0.05) is 12.1 Å². The third-order valence-electron chi connectivity index (χ3n) is 3.09. The van der Waals surface area contributed by atoms with E-state index in [0.29, 0.717) is 29.3 Å². The molecule has 2 rings (SSSR count). The summed E-state index contributed by atoms with van der Waals surface area (Å²) in [5.41, 5.74) is 1.73. The first-order valence-corrected chi connectivity index (χ1v) is 6.75. The average Bonchev–Trinajstić information content (AvgIpc) is 2.69. The number of likely N-dealkylation sites (N-methyl/N-ethyl adjacent to an activating group) is 1. The van der Waals surface area contributed by atoms with Crippen LogP contribution in [0.1, 0.15) is 18.1 Å². The van der Waals surface area contributed by atoms with Gasteiger partial charge >= 0.3 is 0 Å². The summed E-state index contributed by atoms with van der Waals surface area (Å²) in [4.78, 5) is 13.6. The SMILES string of the molecule is C=CCc1cccc(C=C2NC(=S)N(CC)C2=O)c1O. The minimum atomic E-state index is -0.175. The zero-order valence-corrected chi connectivity index (χ0v) is 12.0. The van der Waals surface area contributed by atoms with Crippen LogP contribution in [0.4, 0.5) is 0 Å². The van der Waals surface area contributed by atoms with Crippen molar-refractivity contribution in [3.05, 3.63) is 47.7 Å². The van der Waals surface area contributed by atoms with E-state index in [1.807, 2.05) is 19.1 Å². The van der Waals surface area contributed by atoms with Crippen LogP contribution in [0.5, 0.6) is 5.75 Å². The molecule has 0 atom stereocenters. The van der Waals surface area contributed by atoms with Crippen molar-refractivity contribution in [2.45, 2.75) is 13.3 Å². The number of nitrogens with zero attached hydrogens (tertiary/aromatic N) is 1. The molecule has 1 aliphatic heterocycles. The highest BCUT2D eigenvalue weighted by Crippen LogP contribution is 2.26. The second kappa shape index (κ2) is 5.88. The van der Waals surface area contributed by atoms with E-state index >= 15 is 0 Å². The number of para-hydroxylation sites is 1. The van der Waals surface area contributed by atoms with Gasteiger partial charge in [-0.1, -0.05) is 24.3 Å². The summed E-state index contributed by atoms with van der Waals surface area (Å²) in [6.45, 7) is 6.03. The van der Waals surface area contributed by atoms with E-state index in [1.165, 1.54) is 4.90 Å². The van der Waals surface area contributed by atoms with Crippen LogP contribution in [0.2, 0.25) is 0 Å². The maximum absolute atomic E-state index is 12.1. The molecule has 1 aromatic rings. The molecule has 1 amide bonds. The Kier molecular flexibility index (Phi) is 4.20. The highest BCUT2D eigenvalue weighted by Gasteiger charge is 2.29. The molecular weight excluding hydrogens is 272 g/mol. The Labute approximate surface area is 123 Å². The number of hydrogen-bond donors (Lipinski definition) is 2. The molecule has 0 aliphatic carbocycles. The van der Waals surface area contributed by atoms with Crippen LogP contribution in [0.3, 0.4) is 0 Å². The summed E-state index contributed by atoms with van der Waals surface area (Å²) in [7, 11) is 0.